The molecule has 0 aliphatic rings. The molecule has 0 radical (unpaired) electrons. The Balaban J connectivity index is 2.11. The van der Waals surface area contributed by atoms with E-state index in [1.54, 1.807) is 16.2 Å². The van der Waals surface area contributed by atoms with Gasteiger partial charge in [-0.2, -0.15) is 0 Å². The van der Waals surface area contributed by atoms with Gasteiger partial charge in [-0.05, 0) is 29.3 Å². The van der Waals surface area contributed by atoms with Crippen LogP contribution in [0.4, 0.5) is 0 Å². The van der Waals surface area contributed by atoms with Gasteiger partial charge in [0.15, 0.2) is 0 Å². The maximum Gasteiger partial charge on any atom is 0.224 e. The van der Waals surface area contributed by atoms with Gasteiger partial charge in [-0.25, -0.2) is 0 Å². The van der Waals surface area contributed by atoms with Gasteiger partial charge in [0, 0.05) is 30.8 Å². The van der Waals surface area contributed by atoms with Gasteiger partial charge in [-0.3, -0.25) is 4.79 Å². The standard InChI is InChI=1S/C14H18N2OS/c1-10(15)7-14(17)16(2)8-11-9-18-13-6-4-3-5-12(11)13/h3-6,9-10H,7-8,15H2,1-2H3. The van der Waals surface area contributed by atoms with Crippen LogP contribution in [0.5, 0.6) is 0 Å². The van der Waals surface area contributed by atoms with E-state index in [9.17, 15) is 4.79 Å². The molecule has 4 heteroatoms. The summed E-state index contributed by atoms with van der Waals surface area (Å²) >= 11 is 1.72. The molecular weight excluding hydrogens is 244 g/mol. The molecular formula is C14H18N2OS. The molecule has 1 aromatic carbocycles. The van der Waals surface area contributed by atoms with Crippen molar-refractivity contribution < 1.29 is 4.79 Å². The van der Waals surface area contributed by atoms with Crippen molar-refractivity contribution in [1.82, 2.24) is 4.90 Å². The molecule has 0 saturated carbocycles. The molecule has 96 valence electrons. The summed E-state index contributed by atoms with van der Waals surface area (Å²) in [5.41, 5.74) is 6.85. The number of fused-ring (bicyclic) bond motifs is 1. The lowest BCUT2D eigenvalue weighted by Crippen LogP contribution is -2.31. The quantitative estimate of drug-likeness (QED) is 0.920. The fourth-order valence-electron chi connectivity index (χ4n) is 1.93. The number of nitrogens with zero attached hydrogens (tertiary/aromatic N) is 1. The average molecular weight is 262 g/mol. The predicted octanol–water partition coefficient (Wildman–Crippen LogP) is 2.60. The second kappa shape index (κ2) is 5.50. The monoisotopic (exact) mass is 262 g/mol. The lowest BCUT2D eigenvalue weighted by atomic mass is 10.1. The van der Waals surface area contributed by atoms with Gasteiger partial charge < -0.3 is 10.6 Å². The molecule has 0 bridgehead atoms. The number of carbonyl (C=O) groups is 1. The molecule has 1 heterocycles. The van der Waals surface area contributed by atoms with Crippen LogP contribution in [0.15, 0.2) is 29.6 Å². The van der Waals surface area contributed by atoms with Crippen LogP contribution in [0.2, 0.25) is 0 Å². The summed E-state index contributed by atoms with van der Waals surface area (Å²) in [6, 6.07) is 8.19. The van der Waals surface area contributed by atoms with Crippen molar-refractivity contribution in [2.24, 2.45) is 5.73 Å². The maximum absolute atomic E-state index is 11.9. The van der Waals surface area contributed by atoms with E-state index in [-0.39, 0.29) is 11.9 Å². The van der Waals surface area contributed by atoms with Crippen LogP contribution in [0.3, 0.4) is 0 Å². The molecule has 0 spiro atoms. The largest absolute Gasteiger partial charge is 0.341 e. The number of rotatable bonds is 4. The van der Waals surface area contributed by atoms with Crippen LogP contribution in [0.25, 0.3) is 10.1 Å². The van der Waals surface area contributed by atoms with E-state index in [4.69, 9.17) is 5.73 Å². The minimum atomic E-state index is -0.0841. The van der Waals surface area contributed by atoms with E-state index in [0.717, 1.165) is 0 Å². The first kappa shape index (κ1) is 13.1. The van der Waals surface area contributed by atoms with Crippen LogP contribution in [-0.4, -0.2) is 23.9 Å². The van der Waals surface area contributed by atoms with Gasteiger partial charge in [0.2, 0.25) is 5.91 Å². The Morgan fingerprint density at radius 1 is 1.44 bits per heavy atom. The highest BCUT2D eigenvalue weighted by Crippen LogP contribution is 2.26. The van der Waals surface area contributed by atoms with Gasteiger partial charge in [0.25, 0.3) is 0 Å². The Morgan fingerprint density at radius 3 is 2.89 bits per heavy atom. The SMILES string of the molecule is CC(N)CC(=O)N(C)Cc1csc2ccccc12. The molecule has 1 unspecified atom stereocenters. The number of nitrogens with two attached hydrogens (primary N) is 1. The third-order valence-corrected chi connectivity index (χ3v) is 3.90. The Hall–Kier alpha value is -1.39. The normalized spacial score (nSPS) is 12.6. The Morgan fingerprint density at radius 2 is 2.17 bits per heavy atom. The van der Waals surface area contributed by atoms with E-state index in [0.29, 0.717) is 13.0 Å². The third kappa shape index (κ3) is 2.89. The lowest BCUT2D eigenvalue weighted by molar-refractivity contribution is -0.130. The number of amides is 1. The van der Waals surface area contributed by atoms with E-state index in [1.165, 1.54) is 15.6 Å². The first-order chi connectivity index (χ1) is 8.58. The summed E-state index contributed by atoms with van der Waals surface area (Å²) in [5, 5.41) is 3.36. The fourth-order valence-corrected chi connectivity index (χ4v) is 2.88. The highest BCUT2D eigenvalue weighted by atomic mass is 32.1. The molecule has 0 aliphatic carbocycles. The molecule has 1 amide bonds. The molecule has 2 N–H and O–H groups in total. The second-order valence-corrected chi connectivity index (χ2v) is 5.60. The van der Waals surface area contributed by atoms with Crippen molar-refractivity contribution in [3.05, 3.63) is 35.2 Å². The van der Waals surface area contributed by atoms with Crippen LogP contribution < -0.4 is 5.73 Å². The van der Waals surface area contributed by atoms with E-state index in [1.807, 2.05) is 26.1 Å². The first-order valence-corrected chi connectivity index (χ1v) is 6.90. The number of carbonyl (C=O) groups excluding carboxylic acids is 1. The molecule has 18 heavy (non-hydrogen) atoms. The summed E-state index contributed by atoms with van der Waals surface area (Å²) < 4.78 is 1.26. The Bertz CT molecular complexity index is 547. The second-order valence-electron chi connectivity index (χ2n) is 4.69. The average Bonchev–Trinajstić information content (AvgIpc) is 2.72. The van der Waals surface area contributed by atoms with Crippen molar-refractivity contribution in [3.63, 3.8) is 0 Å². The van der Waals surface area contributed by atoms with Gasteiger partial charge in [0.05, 0.1) is 0 Å². The van der Waals surface area contributed by atoms with Crippen molar-refractivity contribution in [1.29, 1.82) is 0 Å². The first-order valence-electron chi connectivity index (χ1n) is 6.02. The molecule has 1 aromatic heterocycles. The zero-order valence-electron chi connectivity index (χ0n) is 10.7. The molecule has 3 nitrogen and oxygen atoms in total. The topological polar surface area (TPSA) is 46.3 Å². The van der Waals surface area contributed by atoms with E-state index in [2.05, 4.69) is 17.5 Å². The molecule has 1 atom stereocenters. The Kier molecular flexibility index (Phi) is 3.99. The molecule has 0 saturated heterocycles. The van der Waals surface area contributed by atoms with E-state index < -0.39 is 0 Å². The summed E-state index contributed by atoms with van der Waals surface area (Å²) in [6.07, 6.45) is 0.401. The fraction of sp³-hybridized carbons (Fsp3) is 0.357. The molecule has 0 fully saturated rings. The number of benzene rings is 1. The minimum Gasteiger partial charge on any atom is -0.341 e. The molecule has 2 rings (SSSR count). The smallest absolute Gasteiger partial charge is 0.224 e. The van der Waals surface area contributed by atoms with Crippen molar-refractivity contribution in [2.45, 2.75) is 25.9 Å². The summed E-state index contributed by atoms with van der Waals surface area (Å²) in [6.45, 7) is 2.50. The van der Waals surface area contributed by atoms with Crippen molar-refractivity contribution >= 4 is 27.3 Å². The van der Waals surface area contributed by atoms with Crippen LogP contribution in [0, 0.1) is 0 Å². The summed E-state index contributed by atoms with van der Waals surface area (Å²) in [5.74, 6) is 0.0975. The third-order valence-electron chi connectivity index (χ3n) is 2.89. The number of thiophene rings is 1. The minimum absolute atomic E-state index is 0.0841. The number of hydrogen-bond donors (Lipinski definition) is 1. The van der Waals surface area contributed by atoms with Crippen molar-refractivity contribution in [3.8, 4) is 0 Å². The molecule has 0 aliphatic heterocycles. The predicted molar refractivity (Wildman–Crippen MR) is 76.6 cm³/mol. The van der Waals surface area contributed by atoms with Gasteiger partial charge in [0.1, 0.15) is 0 Å². The summed E-state index contributed by atoms with van der Waals surface area (Å²) in [7, 11) is 1.83. The van der Waals surface area contributed by atoms with Gasteiger partial charge in [-0.1, -0.05) is 18.2 Å². The van der Waals surface area contributed by atoms with Crippen LogP contribution in [0.1, 0.15) is 18.9 Å². The maximum atomic E-state index is 11.9. The zero-order chi connectivity index (χ0) is 13.1. The van der Waals surface area contributed by atoms with Gasteiger partial charge in [-0.15, -0.1) is 11.3 Å². The van der Waals surface area contributed by atoms with Crippen molar-refractivity contribution in [2.75, 3.05) is 7.05 Å². The highest BCUT2D eigenvalue weighted by molar-refractivity contribution is 7.17. The Labute approximate surface area is 111 Å². The van der Waals surface area contributed by atoms with Crippen LogP contribution >= 0.6 is 11.3 Å². The summed E-state index contributed by atoms with van der Waals surface area (Å²) in [4.78, 5) is 13.6. The highest BCUT2D eigenvalue weighted by Gasteiger charge is 2.13. The zero-order valence-corrected chi connectivity index (χ0v) is 11.5. The number of hydrogen-bond acceptors (Lipinski definition) is 3. The lowest BCUT2D eigenvalue weighted by Gasteiger charge is -2.18. The molecule has 2 aromatic rings. The van der Waals surface area contributed by atoms with Gasteiger partial charge >= 0.3 is 0 Å². The van der Waals surface area contributed by atoms with E-state index >= 15 is 0 Å². The van der Waals surface area contributed by atoms with Crippen LogP contribution in [-0.2, 0) is 11.3 Å².